The maximum Gasteiger partial charge on any atom is 0.370 e. The lowest BCUT2D eigenvalue weighted by molar-refractivity contribution is 0.00738. The van der Waals surface area contributed by atoms with Crippen LogP contribution in [0.4, 0.5) is 0 Å². The molecule has 0 rings (SSSR count). The Balaban J connectivity index is 5.00. The zero-order chi connectivity index (χ0) is 9.12. The zero-order valence-corrected chi connectivity index (χ0v) is 7.72. The van der Waals surface area contributed by atoms with E-state index in [1.165, 1.54) is 0 Å². The van der Waals surface area contributed by atoms with Gasteiger partial charge in [-0.3, -0.25) is 0 Å². The Hall–Kier alpha value is -0.670. The highest BCUT2D eigenvalue weighted by Crippen LogP contribution is 2.18. The summed E-state index contributed by atoms with van der Waals surface area (Å²) in [6.45, 7) is 4.94. The molecule has 0 atom stereocenters. The van der Waals surface area contributed by atoms with Gasteiger partial charge in [-0.2, -0.15) is 4.79 Å². The Kier molecular flexibility index (Phi) is 2.96. The summed E-state index contributed by atoms with van der Waals surface area (Å²) in [5, 5.41) is 0. The van der Waals surface area contributed by atoms with Crippen LogP contribution < -0.4 is 0 Å². The molecule has 0 saturated heterocycles. The molecule has 0 aromatic rings. The van der Waals surface area contributed by atoms with Gasteiger partial charge in [-0.15, -0.1) is 0 Å². The lowest BCUT2D eigenvalue weighted by Gasteiger charge is -2.16. The van der Waals surface area contributed by atoms with Crippen molar-refractivity contribution in [3.63, 3.8) is 0 Å². The largest absolute Gasteiger partial charge is 0.370 e. The molecule has 64 valence electrons. The summed E-state index contributed by atoms with van der Waals surface area (Å²) >= 11 is 0. The molecular formula is C6H12N2O2S. The second-order valence-corrected chi connectivity index (χ2v) is 5.29. The summed E-state index contributed by atoms with van der Waals surface area (Å²) in [6, 6.07) is 0. The molecule has 0 saturated carbocycles. The number of rotatable bonds is 3. The van der Waals surface area contributed by atoms with Gasteiger partial charge in [0.1, 0.15) is 0 Å². The first-order valence-corrected chi connectivity index (χ1v) is 4.84. The third-order valence-electron chi connectivity index (χ3n) is 1.81. The van der Waals surface area contributed by atoms with Gasteiger partial charge in [0, 0.05) is 0 Å². The van der Waals surface area contributed by atoms with Crippen LogP contribution in [0.1, 0.15) is 27.2 Å². The first kappa shape index (κ1) is 10.3. The SMILES string of the molecule is CCC(C)(C)S(=O)(=O)C=[N+]=[N-]. The normalized spacial score (nSPS) is 12.3. The van der Waals surface area contributed by atoms with E-state index in [1.54, 1.807) is 20.8 Å². The predicted octanol–water partition coefficient (Wildman–Crippen LogP) is 0.848. The monoisotopic (exact) mass is 176 g/mol. The Morgan fingerprint density at radius 1 is 1.55 bits per heavy atom. The van der Waals surface area contributed by atoms with E-state index in [2.05, 4.69) is 4.79 Å². The van der Waals surface area contributed by atoms with Gasteiger partial charge in [0.05, 0.1) is 4.75 Å². The van der Waals surface area contributed by atoms with Gasteiger partial charge in [-0.25, -0.2) is 8.42 Å². The number of sulfone groups is 1. The van der Waals surface area contributed by atoms with E-state index in [9.17, 15) is 8.42 Å². The van der Waals surface area contributed by atoms with Gasteiger partial charge < -0.3 is 5.53 Å². The highest BCUT2D eigenvalue weighted by molar-refractivity contribution is 8.05. The van der Waals surface area contributed by atoms with Gasteiger partial charge >= 0.3 is 5.55 Å². The van der Waals surface area contributed by atoms with Crippen LogP contribution in [0.25, 0.3) is 5.53 Å². The molecule has 4 nitrogen and oxygen atoms in total. The molecule has 0 unspecified atom stereocenters. The molecule has 0 aromatic heterocycles. The van der Waals surface area contributed by atoms with Gasteiger partial charge in [0.2, 0.25) is 0 Å². The third kappa shape index (κ3) is 2.13. The van der Waals surface area contributed by atoms with Crippen molar-refractivity contribution in [3.05, 3.63) is 5.53 Å². The van der Waals surface area contributed by atoms with E-state index in [-0.39, 0.29) is 0 Å². The molecule has 0 heterocycles. The number of hydrogen-bond acceptors (Lipinski definition) is 2. The van der Waals surface area contributed by atoms with Crippen molar-refractivity contribution >= 4 is 15.4 Å². The van der Waals surface area contributed by atoms with Crippen molar-refractivity contribution in [1.29, 1.82) is 0 Å². The van der Waals surface area contributed by atoms with E-state index < -0.39 is 14.6 Å². The summed E-state index contributed by atoms with van der Waals surface area (Å²) in [5.74, 6) is 0. The topological polar surface area (TPSA) is 70.5 Å². The van der Waals surface area contributed by atoms with Gasteiger partial charge in [0.15, 0.2) is 0 Å². The van der Waals surface area contributed by atoms with E-state index >= 15 is 0 Å². The van der Waals surface area contributed by atoms with Crippen LogP contribution in [-0.4, -0.2) is 23.5 Å². The summed E-state index contributed by atoms with van der Waals surface area (Å²) < 4.78 is 21.5. The van der Waals surface area contributed by atoms with Crippen LogP contribution in [-0.2, 0) is 9.84 Å². The Bertz CT molecular complexity index is 273. The van der Waals surface area contributed by atoms with Crippen molar-refractivity contribution in [2.75, 3.05) is 0 Å². The molecule has 0 radical (unpaired) electrons. The standard InChI is InChI=1S/C6H12N2O2S/c1-4-6(2,3)11(9,10)5-8-7/h5H,4H2,1-3H3. The van der Waals surface area contributed by atoms with Crippen LogP contribution in [0.3, 0.4) is 0 Å². The lowest BCUT2D eigenvalue weighted by Crippen LogP contribution is -2.31. The Morgan fingerprint density at radius 2 is 2.00 bits per heavy atom. The van der Waals surface area contributed by atoms with Gasteiger partial charge in [-0.1, -0.05) is 6.92 Å². The Morgan fingerprint density at radius 3 is 2.27 bits per heavy atom. The number of nitrogens with zero attached hydrogens (tertiary/aromatic N) is 2. The second-order valence-electron chi connectivity index (χ2n) is 2.88. The summed E-state index contributed by atoms with van der Waals surface area (Å²) in [7, 11) is -3.40. The average molecular weight is 176 g/mol. The first-order chi connectivity index (χ1) is 4.87. The fraction of sp³-hybridized carbons (Fsp3) is 0.833. The maximum atomic E-state index is 11.2. The van der Waals surface area contributed by atoms with E-state index in [1.807, 2.05) is 0 Å². The summed E-state index contributed by atoms with van der Waals surface area (Å²) in [6.07, 6.45) is 0.487. The molecule has 0 bridgehead atoms. The smallest absolute Gasteiger partial charge is 0.361 e. The molecular weight excluding hydrogens is 164 g/mol. The van der Waals surface area contributed by atoms with E-state index in [4.69, 9.17) is 5.53 Å². The molecule has 0 amide bonds. The minimum Gasteiger partial charge on any atom is -0.361 e. The molecule has 0 fully saturated rings. The van der Waals surface area contributed by atoms with Crippen molar-refractivity contribution in [1.82, 2.24) is 0 Å². The van der Waals surface area contributed by atoms with E-state index in [0.29, 0.717) is 12.0 Å². The van der Waals surface area contributed by atoms with Crippen LogP contribution in [0, 0.1) is 0 Å². The second kappa shape index (κ2) is 3.15. The molecule has 0 N–H and O–H groups in total. The van der Waals surface area contributed by atoms with Crippen LogP contribution >= 0.6 is 0 Å². The van der Waals surface area contributed by atoms with Gasteiger partial charge in [-0.05, 0) is 20.3 Å². The molecule has 0 aromatic carbocycles. The van der Waals surface area contributed by atoms with Crippen molar-refractivity contribution in [3.8, 4) is 0 Å². The third-order valence-corrected chi connectivity index (χ3v) is 4.01. The quantitative estimate of drug-likeness (QED) is 0.277. The van der Waals surface area contributed by atoms with Gasteiger partial charge in [0.25, 0.3) is 9.84 Å². The van der Waals surface area contributed by atoms with Crippen LogP contribution in [0.5, 0.6) is 0 Å². The fourth-order valence-corrected chi connectivity index (χ4v) is 1.22. The van der Waals surface area contributed by atoms with Crippen molar-refractivity contribution in [2.24, 2.45) is 0 Å². The molecule has 0 spiro atoms. The van der Waals surface area contributed by atoms with Crippen molar-refractivity contribution in [2.45, 2.75) is 31.9 Å². The summed E-state index contributed by atoms with van der Waals surface area (Å²) in [5.41, 5.74) is 8.63. The highest BCUT2D eigenvalue weighted by Gasteiger charge is 2.33. The van der Waals surface area contributed by atoms with Crippen LogP contribution in [0.15, 0.2) is 0 Å². The minimum atomic E-state index is -3.40. The predicted molar refractivity (Wildman–Crippen MR) is 43.0 cm³/mol. The maximum absolute atomic E-state index is 11.2. The molecule has 0 aliphatic carbocycles. The molecule has 11 heavy (non-hydrogen) atoms. The minimum absolute atomic E-state index is 0.487. The number of hydrogen-bond donors (Lipinski definition) is 0. The highest BCUT2D eigenvalue weighted by atomic mass is 32.2. The molecule has 5 heteroatoms. The lowest BCUT2D eigenvalue weighted by atomic mass is 10.1. The average Bonchev–Trinajstić information content (AvgIpc) is 1.87. The van der Waals surface area contributed by atoms with Crippen molar-refractivity contribution < 1.29 is 13.2 Å². The van der Waals surface area contributed by atoms with Crippen LogP contribution in [0.2, 0.25) is 0 Å². The molecule has 0 aliphatic heterocycles. The zero-order valence-electron chi connectivity index (χ0n) is 6.90. The molecule has 0 aliphatic rings. The first-order valence-electron chi connectivity index (χ1n) is 3.29. The summed E-state index contributed by atoms with van der Waals surface area (Å²) in [4.78, 5) is 2.51. The Labute approximate surface area is 66.8 Å². The van der Waals surface area contributed by atoms with E-state index in [0.717, 1.165) is 0 Å². The fourth-order valence-electron chi connectivity index (χ4n) is 0.406.